The third kappa shape index (κ3) is 7.54. The molecule has 1 fully saturated rings. The minimum Gasteiger partial charge on any atom is -0.497 e. The molecular weight excluding hydrogens is 584 g/mol. The van der Waals surface area contributed by atoms with Crippen LogP contribution in [0.2, 0.25) is 0 Å². The van der Waals surface area contributed by atoms with Gasteiger partial charge in [0.15, 0.2) is 0 Å². The number of aryl methyl sites for hydroxylation is 2. The summed E-state index contributed by atoms with van der Waals surface area (Å²) in [6, 6.07) is 16.4. The fourth-order valence-corrected chi connectivity index (χ4v) is 6.65. The number of methoxy groups -OCH3 is 1. The number of hydrogen-bond acceptors (Lipinski definition) is 7. The maximum Gasteiger partial charge on any atom is 0.273 e. The number of benzene rings is 3. The van der Waals surface area contributed by atoms with Crippen molar-refractivity contribution in [2.24, 2.45) is 0 Å². The van der Waals surface area contributed by atoms with Crippen molar-refractivity contribution in [3.05, 3.63) is 93.5 Å². The van der Waals surface area contributed by atoms with Gasteiger partial charge in [0.25, 0.3) is 15.7 Å². The molecule has 11 nitrogen and oxygen atoms in total. The number of rotatable bonds is 12. The summed E-state index contributed by atoms with van der Waals surface area (Å²) < 4.78 is 34.3. The normalized spacial score (nSPS) is 14.1. The molecular formula is C32H38N4O7S. The molecule has 0 aromatic heterocycles. The smallest absolute Gasteiger partial charge is 0.273 e. The number of nitro benzene ring substituents is 1. The van der Waals surface area contributed by atoms with E-state index in [1.165, 1.54) is 43.2 Å². The quantitative estimate of drug-likeness (QED) is 0.224. The molecule has 0 radical (unpaired) electrons. The van der Waals surface area contributed by atoms with Gasteiger partial charge in [0.1, 0.15) is 18.3 Å². The molecule has 1 atom stereocenters. The van der Waals surface area contributed by atoms with Gasteiger partial charge < -0.3 is 15.0 Å². The average molecular weight is 623 g/mol. The summed E-state index contributed by atoms with van der Waals surface area (Å²) in [4.78, 5) is 39.5. The Morgan fingerprint density at radius 1 is 1.02 bits per heavy atom. The molecule has 1 N–H and O–H groups in total. The van der Waals surface area contributed by atoms with Crippen LogP contribution in [-0.4, -0.2) is 55.8 Å². The van der Waals surface area contributed by atoms with Crippen LogP contribution >= 0.6 is 0 Å². The lowest BCUT2D eigenvalue weighted by atomic mass is 10.1. The van der Waals surface area contributed by atoms with Crippen LogP contribution in [0.1, 0.15) is 49.3 Å². The predicted octanol–water partition coefficient (Wildman–Crippen LogP) is 4.89. The molecule has 0 unspecified atom stereocenters. The predicted molar refractivity (Wildman–Crippen MR) is 167 cm³/mol. The molecule has 234 valence electrons. The second-order valence-corrected chi connectivity index (χ2v) is 13.0. The molecule has 1 aliphatic carbocycles. The summed E-state index contributed by atoms with van der Waals surface area (Å²) in [5.41, 5.74) is 1.90. The molecule has 3 aromatic rings. The zero-order valence-corrected chi connectivity index (χ0v) is 26.2. The number of carbonyl (C=O) groups excluding carboxylic acids is 2. The lowest BCUT2D eigenvalue weighted by molar-refractivity contribution is -0.385. The van der Waals surface area contributed by atoms with Gasteiger partial charge >= 0.3 is 0 Å². The molecule has 2 amide bonds. The molecule has 1 saturated carbocycles. The zero-order chi connectivity index (χ0) is 32.0. The Labute approximate surface area is 258 Å². The van der Waals surface area contributed by atoms with Gasteiger partial charge in [-0.3, -0.25) is 24.0 Å². The largest absolute Gasteiger partial charge is 0.497 e. The first-order chi connectivity index (χ1) is 20.9. The first-order valence-corrected chi connectivity index (χ1v) is 15.9. The van der Waals surface area contributed by atoms with E-state index in [0.29, 0.717) is 11.3 Å². The minimum absolute atomic E-state index is 0.0368. The summed E-state index contributed by atoms with van der Waals surface area (Å²) in [5.74, 6) is -0.451. The Kier molecular flexibility index (Phi) is 10.3. The molecule has 12 heteroatoms. The third-order valence-electron chi connectivity index (χ3n) is 7.95. The highest BCUT2D eigenvalue weighted by molar-refractivity contribution is 7.92. The minimum atomic E-state index is -4.48. The van der Waals surface area contributed by atoms with Crippen molar-refractivity contribution in [2.75, 3.05) is 18.0 Å². The third-order valence-corrected chi connectivity index (χ3v) is 9.72. The number of sulfonamides is 1. The van der Waals surface area contributed by atoms with Crippen LogP contribution in [0, 0.1) is 24.0 Å². The summed E-state index contributed by atoms with van der Waals surface area (Å²) in [6.07, 6.45) is 3.79. The summed E-state index contributed by atoms with van der Waals surface area (Å²) >= 11 is 0. The first kappa shape index (κ1) is 32.5. The fraction of sp³-hybridized carbons (Fsp3) is 0.375. The number of ether oxygens (including phenoxy) is 1. The van der Waals surface area contributed by atoms with E-state index in [2.05, 4.69) is 5.32 Å². The second-order valence-electron chi connectivity index (χ2n) is 11.1. The van der Waals surface area contributed by atoms with Gasteiger partial charge in [-0.05, 0) is 69.5 Å². The Hall–Kier alpha value is -4.45. The van der Waals surface area contributed by atoms with Crippen LogP contribution in [0.15, 0.2) is 71.6 Å². The molecule has 0 spiro atoms. The Morgan fingerprint density at radius 2 is 1.66 bits per heavy atom. The lowest BCUT2D eigenvalue weighted by Gasteiger charge is -2.32. The summed E-state index contributed by atoms with van der Waals surface area (Å²) in [7, 11) is -3.01. The topological polar surface area (TPSA) is 139 Å². The second kappa shape index (κ2) is 13.9. The molecule has 0 saturated heterocycles. The number of anilines is 1. The number of carbonyl (C=O) groups is 2. The Morgan fingerprint density at radius 3 is 2.25 bits per heavy atom. The van der Waals surface area contributed by atoms with Gasteiger partial charge in [0.05, 0.1) is 22.6 Å². The fourth-order valence-electron chi connectivity index (χ4n) is 5.22. The molecule has 4 rings (SSSR count). The number of nitrogens with zero attached hydrogens (tertiary/aromatic N) is 3. The van der Waals surface area contributed by atoms with Crippen molar-refractivity contribution >= 4 is 33.2 Å². The van der Waals surface area contributed by atoms with E-state index in [-0.39, 0.29) is 34.8 Å². The molecule has 0 bridgehead atoms. The lowest BCUT2D eigenvalue weighted by Crippen LogP contribution is -2.52. The van der Waals surface area contributed by atoms with E-state index in [4.69, 9.17) is 4.74 Å². The first-order valence-electron chi connectivity index (χ1n) is 14.5. The number of amides is 2. The van der Waals surface area contributed by atoms with Crippen molar-refractivity contribution in [1.82, 2.24) is 10.2 Å². The summed E-state index contributed by atoms with van der Waals surface area (Å²) in [5, 5.41) is 14.7. The van der Waals surface area contributed by atoms with Gasteiger partial charge in [-0.2, -0.15) is 0 Å². The number of nitro groups is 1. The Bertz CT molecular complexity index is 1600. The summed E-state index contributed by atoms with van der Waals surface area (Å²) in [6.45, 7) is 4.51. The average Bonchev–Trinajstić information content (AvgIpc) is 3.52. The molecule has 1 aliphatic rings. The van der Waals surface area contributed by atoms with E-state index in [0.717, 1.165) is 47.2 Å². The Balaban J connectivity index is 1.73. The zero-order valence-electron chi connectivity index (χ0n) is 25.4. The monoisotopic (exact) mass is 622 g/mol. The van der Waals surface area contributed by atoms with Gasteiger partial charge in [0.2, 0.25) is 11.8 Å². The van der Waals surface area contributed by atoms with E-state index < -0.39 is 33.4 Å². The van der Waals surface area contributed by atoms with Crippen molar-refractivity contribution in [3.63, 3.8) is 0 Å². The van der Waals surface area contributed by atoms with Crippen LogP contribution in [-0.2, 0) is 26.2 Å². The SMILES string of the molecule is COc1ccc(N(CC(=O)N(Cc2ccc(C)cc2)[C@H](C)C(=O)NC2CCCC2)S(=O)(=O)c2ccc(C)c([N+](=O)[O-])c2)cc1. The number of nitrogens with one attached hydrogen (secondary N) is 1. The van der Waals surface area contributed by atoms with Gasteiger partial charge in [-0.15, -0.1) is 0 Å². The van der Waals surface area contributed by atoms with Crippen LogP contribution < -0.4 is 14.4 Å². The van der Waals surface area contributed by atoms with Crippen LogP contribution in [0.25, 0.3) is 0 Å². The number of hydrogen-bond donors (Lipinski definition) is 1. The van der Waals surface area contributed by atoms with Gasteiger partial charge in [0, 0.05) is 24.2 Å². The molecule has 44 heavy (non-hydrogen) atoms. The standard InChI is InChI=1S/C32H38N4O7S/c1-22-9-12-25(13-10-22)20-34(24(3)32(38)33-26-7-5-6-8-26)31(37)21-35(27-14-16-28(43-4)17-15-27)44(41,42)29-18-11-23(2)30(19-29)36(39)40/h9-19,24,26H,5-8,20-21H2,1-4H3,(H,33,38)/t24-/m1/s1. The van der Waals surface area contributed by atoms with Gasteiger partial charge in [-0.1, -0.05) is 48.7 Å². The van der Waals surface area contributed by atoms with Crippen molar-refractivity contribution < 1.29 is 27.7 Å². The van der Waals surface area contributed by atoms with E-state index in [1.807, 2.05) is 31.2 Å². The maximum absolute atomic E-state index is 14.1. The van der Waals surface area contributed by atoms with E-state index in [9.17, 15) is 28.1 Å². The highest BCUT2D eigenvalue weighted by atomic mass is 32.2. The van der Waals surface area contributed by atoms with Crippen LogP contribution in [0.5, 0.6) is 5.75 Å². The van der Waals surface area contributed by atoms with E-state index in [1.54, 1.807) is 19.1 Å². The van der Waals surface area contributed by atoms with Crippen molar-refractivity contribution in [3.8, 4) is 5.75 Å². The van der Waals surface area contributed by atoms with Crippen LogP contribution in [0.3, 0.4) is 0 Å². The molecule has 0 aliphatic heterocycles. The van der Waals surface area contributed by atoms with Crippen LogP contribution in [0.4, 0.5) is 11.4 Å². The molecule has 3 aromatic carbocycles. The van der Waals surface area contributed by atoms with Crippen molar-refractivity contribution in [1.29, 1.82) is 0 Å². The van der Waals surface area contributed by atoms with Gasteiger partial charge in [-0.25, -0.2) is 8.42 Å². The maximum atomic E-state index is 14.1. The highest BCUT2D eigenvalue weighted by Crippen LogP contribution is 2.29. The molecule has 0 heterocycles. The van der Waals surface area contributed by atoms with E-state index >= 15 is 0 Å². The highest BCUT2D eigenvalue weighted by Gasteiger charge is 2.34. The van der Waals surface area contributed by atoms with Crippen molar-refractivity contribution in [2.45, 2.75) is 70.0 Å².